The van der Waals surface area contributed by atoms with Crippen molar-refractivity contribution in [2.75, 3.05) is 6.54 Å². The van der Waals surface area contributed by atoms with Crippen LogP contribution in [0.4, 0.5) is 4.39 Å². The van der Waals surface area contributed by atoms with Crippen molar-refractivity contribution < 1.29 is 4.39 Å². The molecule has 0 aliphatic carbocycles. The minimum absolute atomic E-state index is 0.307. The minimum atomic E-state index is -0.307. The van der Waals surface area contributed by atoms with Gasteiger partial charge >= 0.3 is 0 Å². The molecule has 2 aromatic rings. The second kappa shape index (κ2) is 7.34. The number of benzene rings is 1. The van der Waals surface area contributed by atoms with Crippen molar-refractivity contribution in [3.05, 3.63) is 50.2 Å². The van der Waals surface area contributed by atoms with Crippen molar-refractivity contribution in [1.82, 2.24) is 10.3 Å². The molecular formula is C16H20ClFN2S. The number of thiazole rings is 1. The first kappa shape index (κ1) is 16.4. The van der Waals surface area contributed by atoms with E-state index in [9.17, 15) is 4.39 Å². The van der Waals surface area contributed by atoms with E-state index in [4.69, 9.17) is 16.6 Å². The van der Waals surface area contributed by atoms with Gasteiger partial charge in [-0.3, -0.25) is 0 Å². The second-order valence-corrected chi connectivity index (χ2v) is 6.84. The van der Waals surface area contributed by atoms with Crippen molar-refractivity contribution in [1.29, 1.82) is 0 Å². The highest BCUT2D eigenvalue weighted by atomic mass is 35.5. The standard InChI is InChI=1S/C16H20ClFN2S/c1-4-19-9-14-16(10(2)3)20-15(21-14)7-11-5-6-12(18)8-13(11)17/h5-6,8,10,19H,4,7,9H2,1-3H3. The van der Waals surface area contributed by atoms with Gasteiger partial charge in [0.25, 0.3) is 0 Å². The van der Waals surface area contributed by atoms with E-state index < -0.39 is 0 Å². The van der Waals surface area contributed by atoms with Gasteiger partial charge in [0.15, 0.2) is 0 Å². The van der Waals surface area contributed by atoms with E-state index in [-0.39, 0.29) is 5.82 Å². The summed E-state index contributed by atoms with van der Waals surface area (Å²) in [5, 5.41) is 4.84. The fourth-order valence-corrected chi connectivity index (χ4v) is 3.58. The molecule has 2 rings (SSSR count). The first-order valence-electron chi connectivity index (χ1n) is 7.14. The van der Waals surface area contributed by atoms with Gasteiger partial charge in [-0.2, -0.15) is 0 Å². The van der Waals surface area contributed by atoms with Gasteiger partial charge in [-0.15, -0.1) is 11.3 Å². The zero-order valence-corrected chi connectivity index (χ0v) is 14.1. The SMILES string of the molecule is CCNCc1sc(Cc2ccc(F)cc2Cl)nc1C(C)C. The highest BCUT2D eigenvalue weighted by Crippen LogP contribution is 2.28. The maximum absolute atomic E-state index is 13.1. The molecular weight excluding hydrogens is 307 g/mol. The summed E-state index contributed by atoms with van der Waals surface area (Å²) in [7, 11) is 0. The first-order chi connectivity index (χ1) is 10.0. The van der Waals surface area contributed by atoms with Crippen molar-refractivity contribution >= 4 is 22.9 Å². The number of hydrogen-bond donors (Lipinski definition) is 1. The summed E-state index contributed by atoms with van der Waals surface area (Å²) in [6, 6.07) is 4.53. The molecule has 0 amide bonds. The third-order valence-electron chi connectivity index (χ3n) is 3.21. The van der Waals surface area contributed by atoms with Crippen LogP contribution in [0.3, 0.4) is 0 Å². The highest BCUT2D eigenvalue weighted by molar-refractivity contribution is 7.11. The van der Waals surface area contributed by atoms with Crippen LogP contribution in [0.25, 0.3) is 0 Å². The van der Waals surface area contributed by atoms with Crippen LogP contribution in [-0.4, -0.2) is 11.5 Å². The zero-order valence-electron chi connectivity index (χ0n) is 12.5. The molecule has 0 radical (unpaired) electrons. The molecule has 1 heterocycles. The number of nitrogens with zero attached hydrogens (tertiary/aromatic N) is 1. The lowest BCUT2D eigenvalue weighted by atomic mass is 10.1. The van der Waals surface area contributed by atoms with Crippen LogP contribution in [0.2, 0.25) is 5.02 Å². The molecule has 0 bridgehead atoms. The van der Waals surface area contributed by atoms with Crippen LogP contribution in [-0.2, 0) is 13.0 Å². The Labute approximate surface area is 134 Å². The van der Waals surface area contributed by atoms with Gasteiger partial charge in [0.2, 0.25) is 0 Å². The van der Waals surface area contributed by atoms with Gasteiger partial charge in [0.1, 0.15) is 5.82 Å². The molecule has 0 aliphatic heterocycles. The van der Waals surface area contributed by atoms with Crippen LogP contribution >= 0.6 is 22.9 Å². The number of hydrogen-bond acceptors (Lipinski definition) is 3. The number of rotatable bonds is 6. The average molecular weight is 327 g/mol. The molecule has 0 atom stereocenters. The fraction of sp³-hybridized carbons (Fsp3) is 0.438. The largest absolute Gasteiger partial charge is 0.312 e. The predicted molar refractivity (Wildman–Crippen MR) is 87.8 cm³/mol. The van der Waals surface area contributed by atoms with E-state index in [1.807, 2.05) is 0 Å². The summed E-state index contributed by atoms with van der Waals surface area (Å²) in [4.78, 5) is 6.03. The molecule has 1 aromatic heterocycles. The Morgan fingerprint density at radius 2 is 2.14 bits per heavy atom. The van der Waals surface area contributed by atoms with Gasteiger partial charge in [0, 0.05) is 22.9 Å². The lowest BCUT2D eigenvalue weighted by molar-refractivity contribution is 0.627. The smallest absolute Gasteiger partial charge is 0.124 e. The summed E-state index contributed by atoms with van der Waals surface area (Å²) < 4.78 is 13.1. The highest BCUT2D eigenvalue weighted by Gasteiger charge is 2.15. The molecule has 1 aromatic carbocycles. The van der Waals surface area contributed by atoms with Gasteiger partial charge < -0.3 is 5.32 Å². The zero-order chi connectivity index (χ0) is 15.4. The van der Waals surface area contributed by atoms with Crippen molar-refractivity contribution in [2.45, 2.75) is 39.7 Å². The normalized spacial score (nSPS) is 11.3. The molecule has 0 saturated heterocycles. The Balaban J connectivity index is 2.23. The van der Waals surface area contributed by atoms with Gasteiger partial charge in [-0.05, 0) is 30.2 Å². The Hall–Kier alpha value is -0.970. The summed E-state index contributed by atoms with van der Waals surface area (Å²) in [6.45, 7) is 8.18. The predicted octanol–water partition coefficient (Wildman–Crippen LogP) is 4.76. The lowest BCUT2D eigenvalue weighted by Crippen LogP contribution is -2.12. The lowest BCUT2D eigenvalue weighted by Gasteiger charge is -2.04. The molecule has 21 heavy (non-hydrogen) atoms. The molecule has 2 nitrogen and oxygen atoms in total. The van der Waals surface area contributed by atoms with E-state index >= 15 is 0 Å². The van der Waals surface area contributed by atoms with Gasteiger partial charge in [-0.1, -0.05) is 38.4 Å². The Kier molecular flexibility index (Phi) is 5.73. The molecule has 0 fully saturated rings. The third-order valence-corrected chi connectivity index (χ3v) is 4.63. The number of halogens is 2. The second-order valence-electron chi connectivity index (χ2n) is 5.26. The van der Waals surface area contributed by atoms with Crippen molar-refractivity contribution in [3.8, 4) is 0 Å². The van der Waals surface area contributed by atoms with Crippen LogP contribution in [0.5, 0.6) is 0 Å². The first-order valence-corrected chi connectivity index (χ1v) is 8.33. The monoisotopic (exact) mass is 326 g/mol. The number of nitrogens with one attached hydrogen (secondary N) is 1. The Morgan fingerprint density at radius 1 is 1.38 bits per heavy atom. The summed E-state index contributed by atoms with van der Waals surface area (Å²) >= 11 is 7.81. The van der Waals surface area contributed by atoms with E-state index in [1.54, 1.807) is 17.4 Å². The molecule has 5 heteroatoms. The maximum atomic E-state index is 13.1. The van der Waals surface area contributed by atoms with E-state index in [0.29, 0.717) is 17.4 Å². The van der Waals surface area contributed by atoms with Gasteiger partial charge in [-0.25, -0.2) is 9.37 Å². The van der Waals surface area contributed by atoms with Crippen molar-refractivity contribution in [2.24, 2.45) is 0 Å². The van der Waals surface area contributed by atoms with Crippen LogP contribution in [0.15, 0.2) is 18.2 Å². The van der Waals surface area contributed by atoms with E-state index in [1.165, 1.54) is 17.0 Å². The van der Waals surface area contributed by atoms with Crippen molar-refractivity contribution in [3.63, 3.8) is 0 Å². The van der Waals surface area contributed by atoms with Crippen LogP contribution in [0.1, 0.15) is 47.8 Å². The Bertz CT molecular complexity index is 610. The average Bonchev–Trinajstić information content (AvgIpc) is 2.83. The van der Waals surface area contributed by atoms with Crippen LogP contribution in [0, 0.1) is 5.82 Å². The fourth-order valence-electron chi connectivity index (χ4n) is 2.13. The molecule has 1 N–H and O–H groups in total. The third kappa shape index (κ3) is 4.25. The van der Waals surface area contributed by atoms with E-state index in [2.05, 4.69) is 26.1 Å². The Morgan fingerprint density at radius 3 is 2.76 bits per heavy atom. The summed E-state index contributed by atoms with van der Waals surface area (Å²) in [6.07, 6.45) is 0.648. The molecule has 0 saturated carbocycles. The summed E-state index contributed by atoms with van der Waals surface area (Å²) in [5.74, 6) is 0.0888. The van der Waals surface area contributed by atoms with Crippen LogP contribution < -0.4 is 5.32 Å². The topological polar surface area (TPSA) is 24.9 Å². The van der Waals surface area contributed by atoms with Gasteiger partial charge in [0.05, 0.1) is 10.7 Å². The molecule has 114 valence electrons. The van der Waals surface area contributed by atoms with E-state index in [0.717, 1.165) is 29.4 Å². The maximum Gasteiger partial charge on any atom is 0.124 e. The number of aromatic nitrogens is 1. The quantitative estimate of drug-likeness (QED) is 0.828. The molecule has 0 unspecified atom stereocenters. The molecule has 0 spiro atoms. The summed E-state index contributed by atoms with van der Waals surface area (Å²) in [5.41, 5.74) is 2.06. The minimum Gasteiger partial charge on any atom is -0.312 e. The molecule has 0 aliphatic rings.